The molecule has 0 saturated carbocycles. The first-order valence-electron chi connectivity index (χ1n) is 6.65. The van der Waals surface area contributed by atoms with Crippen LogP contribution in [0.2, 0.25) is 5.02 Å². The molecule has 1 aliphatic heterocycles. The Balaban J connectivity index is 1.91. The van der Waals surface area contributed by atoms with Crippen molar-refractivity contribution in [1.29, 1.82) is 0 Å². The monoisotopic (exact) mass is 281 g/mol. The highest BCUT2D eigenvalue weighted by molar-refractivity contribution is 6.34. The minimum absolute atomic E-state index is 0.164. The van der Waals surface area contributed by atoms with Crippen LogP contribution in [0.4, 0.5) is 5.69 Å². The van der Waals surface area contributed by atoms with Gasteiger partial charge in [0.1, 0.15) is 0 Å². The van der Waals surface area contributed by atoms with Gasteiger partial charge in [-0.2, -0.15) is 0 Å². The molecule has 0 spiro atoms. The number of amides is 1. The Labute approximate surface area is 118 Å². The average Bonchev–Trinajstić information content (AvgIpc) is 2.92. The predicted molar refractivity (Wildman–Crippen MR) is 78.5 cm³/mol. The molecule has 2 rings (SSSR count). The summed E-state index contributed by atoms with van der Waals surface area (Å²) < 4.78 is 0. The molecule has 0 aromatic heterocycles. The number of nitrogens with one attached hydrogen (secondary N) is 1. The van der Waals surface area contributed by atoms with Crippen LogP contribution in [0.25, 0.3) is 0 Å². The van der Waals surface area contributed by atoms with E-state index >= 15 is 0 Å². The molecule has 1 atom stereocenters. The van der Waals surface area contributed by atoms with E-state index in [2.05, 4.69) is 17.1 Å². The molecule has 19 heavy (non-hydrogen) atoms. The normalized spacial score (nSPS) is 17.4. The maximum atomic E-state index is 12.1. The Morgan fingerprint density at radius 3 is 2.84 bits per heavy atom. The number of carbonyl (C=O) groups is 1. The summed E-state index contributed by atoms with van der Waals surface area (Å²) in [6, 6.07) is 5.30. The summed E-state index contributed by atoms with van der Waals surface area (Å²) in [7, 11) is 0. The van der Waals surface area contributed by atoms with Gasteiger partial charge in [-0.3, -0.25) is 9.69 Å². The quantitative estimate of drug-likeness (QED) is 0.832. The number of benzene rings is 1. The van der Waals surface area contributed by atoms with Crippen molar-refractivity contribution in [2.45, 2.75) is 25.8 Å². The van der Waals surface area contributed by atoms with E-state index in [1.165, 1.54) is 12.8 Å². The molecule has 1 aromatic carbocycles. The summed E-state index contributed by atoms with van der Waals surface area (Å²) >= 11 is 6.01. The smallest absolute Gasteiger partial charge is 0.252 e. The molecule has 1 amide bonds. The molecule has 5 heteroatoms. The molecule has 1 aromatic rings. The lowest BCUT2D eigenvalue weighted by molar-refractivity contribution is 0.0940. The second-order valence-corrected chi connectivity index (χ2v) is 5.45. The summed E-state index contributed by atoms with van der Waals surface area (Å²) in [6.45, 7) is 5.00. The van der Waals surface area contributed by atoms with Crippen LogP contribution in [0.1, 0.15) is 30.1 Å². The number of hydrogen-bond donors (Lipinski definition) is 2. The fourth-order valence-electron chi connectivity index (χ4n) is 2.36. The Bertz CT molecular complexity index is 458. The van der Waals surface area contributed by atoms with Crippen molar-refractivity contribution < 1.29 is 4.79 Å². The molecule has 1 fully saturated rings. The summed E-state index contributed by atoms with van der Waals surface area (Å²) in [5.74, 6) is -0.164. The molecule has 1 aliphatic rings. The van der Waals surface area contributed by atoms with Gasteiger partial charge in [0.2, 0.25) is 0 Å². The summed E-state index contributed by atoms with van der Waals surface area (Å²) in [4.78, 5) is 14.5. The van der Waals surface area contributed by atoms with Crippen molar-refractivity contribution in [2.24, 2.45) is 0 Å². The molecule has 3 N–H and O–H groups in total. The topological polar surface area (TPSA) is 58.4 Å². The molecule has 0 radical (unpaired) electrons. The zero-order valence-corrected chi connectivity index (χ0v) is 11.9. The highest BCUT2D eigenvalue weighted by Crippen LogP contribution is 2.18. The number of likely N-dealkylation sites (tertiary alicyclic amines) is 1. The summed E-state index contributed by atoms with van der Waals surface area (Å²) in [5, 5.41) is 3.35. The Morgan fingerprint density at radius 2 is 2.16 bits per heavy atom. The molecule has 104 valence electrons. The van der Waals surface area contributed by atoms with Crippen LogP contribution in [0.5, 0.6) is 0 Å². The number of rotatable bonds is 4. The highest BCUT2D eigenvalue weighted by atomic mass is 35.5. The van der Waals surface area contributed by atoms with Gasteiger partial charge in [-0.15, -0.1) is 0 Å². The Morgan fingerprint density at radius 1 is 1.47 bits per heavy atom. The summed E-state index contributed by atoms with van der Waals surface area (Å²) in [6.07, 6.45) is 2.50. The number of hydrogen-bond acceptors (Lipinski definition) is 3. The van der Waals surface area contributed by atoms with E-state index in [4.69, 9.17) is 17.3 Å². The first kappa shape index (κ1) is 14.2. The number of nitrogen functional groups attached to an aromatic ring is 1. The molecular formula is C14H20ClN3O. The molecule has 1 heterocycles. The minimum atomic E-state index is -0.164. The van der Waals surface area contributed by atoms with Crippen molar-refractivity contribution in [3.63, 3.8) is 0 Å². The van der Waals surface area contributed by atoms with Gasteiger partial charge in [0.15, 0.2) is 0 Å². The molecule has 1 saturated heterocycles. The third kappa shape index (κ3) is 3.61. The lowest BCUT2D eigenvalue weighted by Crippen LogP contribution is -2.40. The standard InChI is InChI=1S/C14H20ClN3O/c1-10(18-6-2-3-7-18)9-17-14(19)12-8-11(16)4-5-13(12)15/h4-5,8,10H,2-3,6-7,9,16H2,1H3,(H,17,19). The zero-order valence-electron chi connectivity index (χ0n) is 11.2. The van der Waals surface area contributed by atoms with Crippen LogP contribution in [-0.4, -0.2) is 36.5 Å². The number of nitrogens with two attached hydrogens (primary N) is 1. The average molecular weight is 282 g/mol. The first-order valence-corrected chi connectivity index (χ1v) is 7.03. The van der Waals surface area contributed by atoms with Crippen LogP contribution in [-0.2, 0) is 0 Å². The zero-order chi connectivity index (χ0) is 13.8. The van der Waals surface area contributed by atoms with Gasteiger partial charge < -0.3 is 11.1 Å². The third-order valence-corrected chi connectivity index (χ3v) is 3.89. The van der Waals surface area contributed by atoms with Crippen LogP contribution in [0.3, 0.4) is 0 Å². The fraction of sp³-hybridized carbons (Fsp3) is 0.500. The van der Waals surface area contributed by atoms with Gasteiger partial charge in [0, 0.05) is 18.3 Å². The highest BCUT2D eigenvalue weighted by Gasteiger charge is 2.19. The van der Waals surface area contributed by atoms with E-state index in [0.29, 0.717) is 28.9 Å². The maximum absolute atomic E-state index is 12.1. The lowest BCUT2D eigenvalue weighted by Gasteiger charge is -2.23. The second kappa shape index (κ2) is 6.26. The van der Waals surface area contributed by atoms with Gasteiger partial charge in [-0.1, -0.05) is 11.6 Å². The number of nitrogens with zero attached hydrogens (tertiary/aromatic N) is 1. The van der Waals surface area contributed by atoms with E-state index in [1.54, 1.807) is 18.2 Å². The molecule has 1 unspecified atom stereocenters. The van der Waals surface area contributed by atoms with Crippen molar-refractivity contribution in [3.8, 4) is 0 Å². The van der Waals surface area contributed by atoms with Gasteiger partial charge >= 0.3 is 0 Å². The minimum Gasteiger partial charge on any atom is -0.399 e. The predicted octanol–water partition coefficient (Wildman–Crippen LogP) is 2.14. The third-order valence-electron chi connectivity index (χ3n) is 3.56. The van der Waals surface area contributed by atoms with Crippen molar-refractivity contribution in [3.05, 3.63) is 28.8 Å². The fourth-order valence-corrected chi connectivity index (χ4v) is 2.57. The van der Waals surface area contributed by atoms with Gasteiger partial charge in [-0.25, -0.2) is 0 Å². The molecule has 0 aliphatic carbocycles. The van der Waals surface area contributed by atoms with Gasteiger partial charge in [0.25, 0.3) is 5.91 Å². The van der Waals surface area contributed by atoms with Crippen LogP contribution in [0, 0.1) is 0 Å². The van der Waals surface area contributed by atoms with E-state index in [-0.39, 0.29) is 5.91 Å². The Hall–Kier alpha value is -1.26. The number of carbonyl (C=O) groups excluding carboxylic acids is 1. The number of halogens is 1. The maximum Gasteiger partial charge on any atom is 0.252 e. The molecule has 0 bridgehead atoms. The van der Waals surface area contributed by atoms with Crippen molar-refractivity contribution in [2.75, 3.05) is 25.4 Å². The van der Waals surface area contributed by atoms with Crippen molar-refractivity contribution >= 4 is 23.2 Å². The van der Waals surface area contributed by atoms with Crippen LogP contribution in [0.15, 0.2) is 18.2 Å². The van der Waals surface area contributed by atoms with Gasteiger partial charge in [0.05, 0.1) is 10.6 Å². The Kier molecular flexibility index (Phi) is 4.66. The SMILES string of the molecule is CC(CNC(=O)c1cc(N)ccc1Cl)N1CCCC1. The number of anilines is 1. The van der Waals surface area contributed by atoms with Crippen molar-refractivity contribution in [1.82, 2.24) is 10.2 Å². The van der Waals surface area contributed by atoms with E-state index < -0.39 is 0 Å². The van der Waals surface area contributed by atoms with Gasteiger partial charge in [-0.05, 0) is 51.1 Å². The summed E-state index contributed by atoms with van der Waals surface area (Å²) in [5.41, 5.74) is 6.66. The largest absolute Gasteiger partial charge is 0.399 e. The molecular weight excluding hydrogens is 262 g/mol. The van der Waals surface area contributed by atoms with E-state index in [0.717, 1.165) is 13.1 Å². The first-order chi connectivity index (χ1) is 9.08. The second-order valence-electron chi connectivity index (χ2n) is 5.04. The van der Waals surface area contributed by atoms with E-state index in [1.807, 2.05) is 0 Å². The lowest BCUT2D eigenvalue weighted by atomic mass is 10.2. The van der Waals surface area contributed by atoms with Crippen LogP contribution < -0.4 is 11.1 Å². The van der Waals surface area contributed by atoms with E-state index in [9.17, 15) is 4.79 Å². The van der Waals surface area contributed by atoms with Crippen LogP contribution >= 0.6 is 11.6 Å². The molecule has 4 nitrogen and oxygen atoms in total.